The maximum absolute atomic E-state index is 14.0. The maximum atomic E-state index is 14.0. The summed E-state index contributed by atoms with van der Waals surface area (Å²) >= 11 is 0. The summed E-state index contributed by atoms with van der Waals surface area (Å²) in [6.07, 6.45) is -1.96. The van der Waals surface area contributed by atoms with Crippen LogP contribution in [0.4, 0.5) is 18.9 Å². The van der Waals surface area contributed by atoms with Gasteiger partial charge in [-0.2, -0.15) is 18.3 Å². The van der Waals surface area contributed by atoms with Crippen LogP contribution in [0.2, 0.25) is 0 Å². The zero-order chi connectivity index (χ0) is 27.5. The summed E-state index contributed by atoms with van der Waals surface area (Å²) in [5.74, 6) is -1.34. The van der Waals surface area contributed by atoms with Gasteiger partial charge in [0.05, 0.1) is 17.1 Å². The minimum absolute atomic E-state index is 0.00738. The molecule has 1 aromatic carbocycles. The summed E-state index contributed by atoms with van der Waals surface area (Å²) in [7, 11) is 0. The van der Waals surface area contributed by atoms with E-state index in [4.69, 9.17) is 0 Å². The molecule has 39 heavy (non-hydrogen) atoms. The molecule has 6 rings (SSSR count). The zero-order valence-corrected chi connectivity index (χ0v) is 21.3. The number of carbonyl (C=O) groups excluding carboxylic acids is 3. The molecule has 204 valence electrons. The number of anilines is 1. The summed E-state index contributed by atoms with van der Waals surface area (Å²) in [4.78, 5) is 47.3. The monoisotopic (exact) mass is 540 g/mol. The van der Waals surface area contributed by atoms with Gasteiger partial charge in [0, 0.05) is 17.8 Å². The van der Waals surface area contributed by atoms with Crippen LogP contribution in [0, 0.1) is 6.92 Å². The van der Waals surface area contributed by atoms with Crippen molar-refractivity contribution in [2.75, 3.05) is 31.1 Å². The highest BCUT2D eigenvalue weighted by Crippen LogP contribution is 2.49. The Balaban J connectivity index is 1.38. The third-order valence-corrected chi connectivity index (χ3v) is 8.34. The second-order valence-electron chi connectivity index (χ2n) is 10.5. The molecule has 0 saturated carbocycles. The number of ketones is 1. The number of amides is 2. The quantitative estimate of drug-likeness (QED) is 0.493. The van der Waals surface area contributed by atoms with Gasteiger partial charge in [-0.15, -0.1) is 0 Å². The van der Waals surface area contributed by atoms with Crippen LogP contribution < -0.4 is 10.2 Å². The number of alkyl halides is 3. The van der Waals surface area contributed by atoms with Crippen molar-refractivity contribution in [2.24, 2.45) is 0 Å². The van der Waals surface area contributed by atoms with Gasteiger partial charge >= 0.3 is 6.18 Å². The summed E-state index contributed by atoms with van der Waals surface area (Å²) in [6.45, 7) is 2.44. The van der Waals surface area contributed by atoms with Gasteiger partial charge in [0.2, 0.25) is 17.6 Å². The SMILES string of the molecule is Cc1c(C(=O)c2ccc3[nH]ncc3n2)ccc2c1C1(CCNCC1)C(=O)N2CC(=O)N1CCC[C@@H]1C(F)(F)F. The van der Waals surface area contributed by atoms with E-state index in [1.54, 1.807) is 31.2 Å². The minimum Gasteiger partial charge on any atom is -0.329 e. The molecule has 2 aromatic heterocycles. The van der Waals surface area contributed by atoms with Crippen LogP contribution in [0.3, 0.4) is 0 Å². The van der Waals surface area contributed by atoms with Crippen molar-refractivity contribution in [1.29, 1.82) is 0 Å². The molecule has 2 amide bonds. The Morgan fingerprint density at radius 3 is 2.67 bits per heavy atom. The lowest BCUT2D eigenvalue weighted by molar-refractivity contribution is -0.182. The lowest BCUT2D eigenvalue weighted by Gasteiger charge is -2.34. The summed E-state index contributed by atoms with van der Waals surface area (Å²) < 4.78 is 40.6. The predicted molar refractivity (Wildman–Crippen MR) is 135 cm³/mol. The number of pyridine rings is 1. The fraction of sp³-hybridized carbons (Fsp3) is 0.444. The molecule has 2 saturated heterocycles. The van der Waals surface area contributed by atoms with E-state index in [-0.39, 0.29) is 36.8 Å². The topological polar surface area (TPSA) is 111 Å². The number of hydrogen-bond donors (Lipinski definition) is 2. The second-order valence-corrected chi connectivity index (χ2v) is 10.5. The lowest BCUT2D eigenvalue weighted by Crippen LogP contribution is -2.52. The molecule has 0 radical (unpaired) electrons. The molecule has 1 spiro atoms. The van der Waals surface area contributed by atoms with Crippen LogP contribution in [0.5, 0.6) is 0 Å². The molecule has 12 heteroatoms. The number of aromatic amines is 1. The zero-order valence-electron chi connectivity index (χ0n) is 21.3. The van der Waals surface area contributed by atoms with Crippen LogP contribution >= 0.6 is 0 Å². The Morgan fingerprint density at radius 1 is 1.15 bits per heavy atom. The molecule has 0 bridgehead atoms. The van der Waals surface area contributed by atoms with E-state index < -0.39 is 30.1 Å². The van der Waals surface area contributed by atoms with Gasteiger partial charge in [-0.25, -0.2) is 4.98 Å². The van der Waals surface area contributed by atoms with Gasteiger partial charge in [0.15, 0.2) is 0 Å². The van der Waals surface area contributed by atoms with Crippen LogP contribution in [0.15, 0.2) is 30.5 Å². The van der Waals surface area contributed by atoms with Crippen molar-refractivity contribution in [1.82, 2.24) is 25.4 Å². The molecule has 3 aliphatic heterocycles. The lowest BCUT2D eigenvalue weighted by atomic mass is 9.71. The van der Waals surface area contributed by atoms with Gasteiger partial charge in [-0.3, -0.25) is 19.5 Å². The first kappa shape index (κ1) is 25.5. The largest absolute Gasteiger partial charge is 0.408 e. The number of rotatable bonds is 4. The number of carbonyl (C=O) groups is 3. The van der Waals surface area contributed by atoms with E-state index in [0.717, 1.165) is 4.90 Å². The standard InChI is InChI=1S/C27H27F3N6O3/c1-15-16(24(38)18-6-5-17-19(33-18)13-32-34-17)4-7-20-23(15)26(8-10-31-11-9-26)25(39)36(20)14-22(37)35-12-2-3-21(35)27(28,29)30/h4-7,13,21,31H,2-3,8-12,14H2,1H3,(H,32,34)/t21-/m1/s1. The summed E-state index contributed by atoms with van der Waals surface area (Å²) in [6, 6.07) is 4.75. The number of piperidine rings is 1. The average molecular weight is 541 g/mol. The molecule has 2 fully saturated rings. The van der Waals surface area contributed by atoms with E-state index in [2.05, 4.69) is 20.5 Å². The third kappa shape index (κ3) is 4.00. The first-order chi connectivity index (χ1) is 18.6. The summed E-state index contributed by atoms with van der Waals surface area (Å²) in [5.41, 5.74) is 2.67. The van der Waals surface area contributed by atoms with Gasteiger partial charge in [-0.05, 0) is 81.1 Å². The number of nitrogens with zero attached hydrogens (tertiary/aromatic N) is 4. The van der Waals surface area contributed by atoms with E-state index in [1.807, 2.05) is 0 Å². The van der Waals surface area contributed by atoms with E-state index in [1.165, 1.54) is 11.1 Å². The number of H-pyrrole nitrogens is 1. The van der Waals surface area contributed by atoms with E-state index in [0.29, 0.717) is 59.3 Å². The number of halogens is 3. The Bertz CT molecular complexity index is 1490. The van der Waals surface area contributed by atoms with Crippen molar-refractivity contribution in [2.45, 2.75) is 50.2 Å². The Hall–Kier alpha value is -3.80. The molecule has 5 heterocycles. The maximum Gasteiger partial charge on any atom is 0.408 e. The average Bonchev–Trinajstić information content (AvgIpc) is 3.64. The number of likely N-dealkylation sites (tertiary alicyclic amines) is 1. The van der Waals surface area contributed by atoms with Crippen molar-refractivity contribution >= 4 is 34.3 Å². The minimum atomic E-state index is -4.52. The van der Waals surface area contributed by atoms with Crippen molar-refractivity contribution in [3.8, 4) is 0 Å². The fourth-order valence-corrected chi connectivity index (χ4v) is 6.45. The van der Waals surface area contributed by atoms with Crippen LogP contribution in [-0.4, -0.2) is 76.1 Å². The normalized spacial score (nSPS) is 20.7. The first-order valence-corrected chi connectivity index (χ1v) is 13.0. The molecule has 0 aliphatic carbocycles. The van der Waals surface area contributed by atoms with Gasteiger partial charge < -0.3 is 15.1 Å². The predicted octanol–water partition coefficient (Wildman–Crippen LogP) is 3.02. The van der Waals surface area contributed by atoms with Crippen LogP contribution in [-0.2, 0) is 15.0 Å². The first-order valence-electron chi connectivity index (χ1n) is 13.0. The van der Waals surface area contributed by atoms with Crippen molar-refractivity contribution < 1.29 is 27.6 Å². The Morgan fingerprint density at radius 2 is 1.92 bits per heavy atom. The van der Waals surface area contributed by atoms with Crippen LogP contribution in [0.25, 0.3) is 11.0 Å². The highest BCUT2D eigenvalue weighted by molar-refractivity contribution is 6.14. The third-order valence-electron chi connectivity index (χ3n) is 8.34. The van der Waals surface area contributed by atoms with E-state index in [9.17, 15) is 27.6 Å². The number of fused-ring (bicyclic) bond motifs is 3. The van der Waals surface area contributed by atoms with Crippen molar-refractivity contribution in [3.63, 3.8) is 0 Å². The van der Waals surface area contributed by atoms with Gasteiger partial charge in [-0.1, -0.05) is 0 Å². The molecule has 3 aliphatic rings. The molecule has 0 unspecified atom stereocenters. The Kier molecular flexibility index (Phi) is 5.97. The number of aromatic nitrogens is 3. The fourth-order valence-electron chi connectivity index (χ4n) is 6.45. The highest BCUT2D eigenvalue weighted by atomic mass is 19.4. The number of nitrogens with one attached hydrogen (secondary N) is 2. The Labute approximate surface area is 221 Å². The second kappa shape index (κ2) is 9.15. The number of benzene rings is 1. The highest BCUT2D eigenvalue weighted by Gasteiger charge is 2.54. The van der Waals surface area contributed by atoms with Gasteiger partial charge in [0.25, 0.3) is 0 Å². The van der Waals surface area contributed by atoms with Gasteiger partial charge in [0.1, 0.15) is 23.8 Å². The molecule has 1 atom stereocenters. The molecular weight excluding hydrogens is 513 g/mol. The molecule has 9 nitrogen and oxygen atoms in total. The van der Waals surface area contributed by atoms with Crippen LogP contribution in [0.1, 0.15) is 52.9 Å². The summed E-state index contributed by atoms with van der Waals surface area (Å²) in [5, 5.41) is 9.99. The molecule has 2 N–H and O–H groups in total. The molecular formula is C27H27F3N6O3. The molecule has 3 aromatic rings. The smallest absolute Gasteiger partial charge is 0.329 e. The number of hydrogen-bond acceptors (Lipinski definition) is 6. The van der Waals surface area contributed by atoms with Crippen molar-refractivity contribution in [3.05, 3.63) is 52.8 Å². The van der Waals surface area contributed by atoms with E-state index >= 15 is 0 Å².